The molecule has 4 nitrogen and oxygen atoms in total. The van der Waals surface area contributed by atoms with E-state index in [4.69, 9.17) is 16.3 Å². The minimum Gasteiger partial charge on any atom is -0.487 e. The van der Waals surface area contributed by atoms with Crippen LogP contribution in [0, 0.1) is 5.82 Å². The summed E-state index contributed by atoms with van der Waals surface area (Å²) in [6, 6.07) is 10.7. The third-order valence-corrected chi connectivity index (χ3v) is 5.55. The molecular weight excluding hydrogens is 393 g/mol. The van der Waals surface area contributed by atoms with E-state index in [1.807, 2.05) is 45.0 Å². The minimum atomic E-state index is -0.480. The highest BCUT2D eigenvalue weighted by Crippen LogP contribution is 2.38. The third kappa shape index (κ3) is 5.09. The lowest BCUT2D eigenvalue weighted by Gasteiger charge is -2.26. The lowest BCUT2D eigenvalue weighted by molar-refractivity contribution is -0.132. The highest BCUT2D eigenvalue weighted by molar-refractivity contribution is 6.30. The summed E-state index contributed by atoms with van der Waals surface area (Å²) in [6.07, 6.45) is 1.52. The molecule has 1 atom stereocenters. The van der Waals surface area contributed by atoms with Crippen molar-refractivity contribution in [3.8, 4) is 5.75 Å². The van der Waals surface area contributed by atoms with E-state index in [9.17, 15) is 14.3 Å². The summed E-state index contributed by atoms with van der Waals surface area (Å²) in [7, 11) is 0. The van der Waals surface area contributed by atoms with Gasteiger partial charge in [-0.1, -0.05) is 29.8 Å². The largest absolute Gasteiger partial charge is 0.487 e. The van der Waals surface area contributed by atoms with Gasteiger partial charge in [-0.25, -0.2) is 4.39 Å². The van der Waals surface area contributed by atoms with Crippen molar-refractivity contribution in [2.24, 2.45) is 0 Å². The number of halogens is 2. The molecule has 0 saturated carbocycles. The van der Waals surface area contributed by atoms with Crippen LogP contribution in [0.2, 0.25) is 5.02 Å². The first-order chi connectivity index (χ1) is 13.7. The first-order valence-corrected chi connectivity index (χ1v) is 10.2. The maximum absolute atomic E-state index is 13.8. The van der Waals surface area contributed by atoms with Gasteiger partial charge in [0.2, 0.25) is 5.91 Å². The van der Waals surface area contributed by atoms with E-state index in [1.165, 1.54) is 6.07 Å². The van der Waals surface area contributed by atoms with Gasteiger partial charge in [-0.3, -0.25) is 4.79 Å². The van der Waals surface area contributed by atoms with Crippen LogP contribution in [-0.4, -0.2) is 40.7 Å². The average molecular weight is 420 g/mol. The van der Waals surface area contributed by atoms with Crippen molar-refractivity contribution in [1.82, 2.24) is 4.90 Å². The number of aliphatic hydroxyl groups is 1. The van der Waals surface area contributed by atoms with Gasteiger partial charge in [-0.2, -0.15) is 0 Å². The summed E-state index contributed by atoms with van der Waals surface area (Å²) in [5, 5.41) is 9.31. The van der Waals surface area contributed by atoms with Crippen LogP contribution >= 0.6 is 11.6 Å². The standard InChI is InChI=1S/C23H27ClFNO3/c1-15(2)26(8-9-27)22(28)12-16-5-7-21-18(10-16)14-23(3,29-21)13-17-4-6-19(24)20(25)11-17/h4-7,10-11,15,27H,8-9,12-14H2,1-3H3/t23-/m1/s1. The monoisotopic (exact) mass is 419 g/mol. The SMILES string of the molecule is CC(C)N(CCO)C(=O)Cc1ccc2c(c1)C[C@@](C)(Cc1ccc(Cl)c(F)c1)O2. The van der Waals surface area contributed by atoms with Gasteiger partial charge in [0.05, 0.1) is 18.1 Å². The van der Waals surface area contributed by atoms with Gasteiger partial charge < -0.3 is 14.7 Å². The molecule has 6 heteroatoms. The molecule has 3 rings (SSSR count). The lowest BCUT2D eigenvalue weighted by atomic mass is 9.91. The molecule has 2 aromatic carbocycles. The first kappa shape index (κ1) is 21.6. The fourth-order valence-electron chi connectivity index (χ4n) is 3.92. The van der Waals surface area contributed by atoms with Crippen LogP contribution in [0.15, 0.2) is 36.4 Å². The van der Waals surface area contributed by atoms with E-state index in [-0.39, 0.29) is 30.0 Å². The van der Waals surface area contributed by atoms with Crippen LogP contribution in [0.4, 0.5) is 4.39 Å². The zero-order valence-corrected chi connectivity index (χ0v) is 17.8. The Morgan fingerprint density at radius 1 is 1.28 bits per heavy atom. The first-order valence-electron chi connectivity index (χ1n) is 9.86. The molecule has 1 aliphatic rings. The number of hydrogen-bond donors (Lipinski definition) is 1. The molecule has 0 saturated heterocycles. The molecule has 0 fully saturated rings. The second kappa shape index (κ2) is 8.72. The predicted molar refractivity (Wildman–Crippen MR) is 112 cm³/mol. The number of carbonyl (C=O) groups is 1. The van der Waals surface area contributed by atoms with Crippen molar-refractivity contribution in [2.75, 3.05) is 13.2 Å². The summed E-state index contributed by atoms with van der Waals surface area (Å²) in [6.45, 7) is 6.17. The number of hydrogen-bond acceptors (Lipinski definition) is 3. The number of fused-ring (bicyclic) bond motifs is 1. The summed E-state index contributed by atoms with van der Waals surface area (Å²) >= 11 is 5.77. The van der Waals surface area contributed by atoms with Gasteiger partial charge >= 0.3 is 0 Å². The second-order valence-corrected chi connectivity index (χ2v) is 8.58. The van der Waals surface area contributed by atoms with Crippen LogP contribution in [0.3, 0.4) is 0 Å². The molecule has 0 aromatic heterocycles. The van der Waals surface area contributed by atoms with Crippen LogP contribution in [0.5, 0.6) is 5.75 Å². The zero-order chi connectivity index (χ0) is 21.2. The molecule has 0 radical (unpaired) electrons. The maximum atomic E-state index is 13.8. The van der Waals surface area contributed by atoms with E-state index in [0.717, 1.165) is 22.4 Å². The number of aliphatic hydroxyl groups excluding tert-OH is 1. The number of amides is 1. The Hall–Kier alpha value is -2.11. The number of carbonyl (C=O) groups excluding carboxylic acids is 1. The quantitative estimate of drug-likeness (QED) is 0.732. The van der Waals surface area contributed by atoms with E-state index < -0.39 is 11.4 Å². The Morgan fingerprint density at radius 2 is 2.00 bits per heavy atom. The Balaban J connectivity index is 1.71. The molecule has 0 spiro atoms. The van der Waals surface area contributed by atoms with Gasteiger partial charge in [0.25, 0.3) is 0 Å². The molecule has 0 aliphatic carbocycles. The molecule has 1 N–H and O–H groups in total. The Morgan fingerprint density at radius 3 is 2.66 bits per heavy atom. The number of benzene rings is 2. The molecule has 0 unspecified atom stereocenters. The van der Waals surface area contributed by atoms with E-state index >= 15 is 0 Å². The topological polar surface area (TPSA) is 49.8 Å². The average Bonchev–Trinajstić information content (AvgIpc) is 2.97. The van der Waals surface area contributed by atoms with Crippen LogP contribution in [-0.2, 0) is 24.1 Å². The van der Waals surface area contributed by atoms with Crippen LogP contribution in [0.1, 0.15) is 37.5 Å². The van der Waals surface area contributed by atoms with Gasteiger partial charge in [-0.05, 0) is 55.7 Å². The van der Waals surface area contributed by atoms with E-state index in [1.54, 1.807) is 11.0 Å². The van der Waals surface area contributed by atoms with Crippen LogP contribution in [0.25, 0.3) is 0 Å². The van der Waals surface area contributed by atoms with Crippen molar-refractivity contribution in [2.45, 2.75) is 51.7 Å². The van der Waals surface area contributed by atoms with Crippen molar-refractivity contribution in [3.05, 3.63) is 63.9 Å². The van der Waals surface area contributed by atoms with Gasteiger partial charge in [0.1, 0.15) is 17.2 Å². The molecular formula is C23H27ClFNO3. The maximum Gasteiger partial charge on any atom is 0.227 e. The Bertz CT molecular complexity index is 902. The van der Waals surface area contributed by atoms with Crippen molar-refractivity contribution >= 4 is 17.5 Å². The van der Waals surface area contributed by atoms with Crippen molar-refractivity contribution < 1.29 is 19.0 Å². The van der Waals surface area contributed by atoms with E-state index in [0.29, 0.717) is 19.4 Å². The lowest BCUT2D eigenvalue weighted by Crippen LogP contribution is -2.39. The third-order valence-electron chi connectivity index (χ3n) is 5.25. The zero-order valence-electron chi connectivity index (χ0n) is 17.0. The summed E-state index contributed by atoms with van der Waals surface area (Å²) in [4.78, 5) is 14.3. The van der Waals surface area contributed by atoms with Gasteiger partial charge in [0.15, 0.2) is 0 Å². The molecule has 1 heterocycles. The molecule has 2 aromatic rings. The fourth-order valence-corrected chi connectivity index (χ4v) is 4.04. The summed E-state index contributed by atoms with van der Waals surface area (Å²) < 4.78 is 19.9. The van der Waals surface area contributed by atoms with Gasteiger partial charge in [0, 0.05) is 25.4 Å². The normalized spacial score (nSPS) is 17.9. The van der Waals surface area contributed by atoms with E-state index in [2.05, 4.69) is 0 Å². The highest BCUT2D eigenvalue weighted by atomic mass is 35.5. The van der Waals surface area contributed by atoms with Crippen molar-refractivity contribution in [3.63, 3.8) is 0 Å². The molecule has 29 heavy (non-hydrogen) atoms. The molecule has 1 amide bonds. The molecule has 1 aliphatic heterocycles. The van der Waals surface area contributed by atoms with Crippen LogP contribution < -0.4 is 4.74 Å². The van der Waals surface area contributed by atoms with Crippen molar-refractivity contribution in [1.29, 1.82) is 0 Å². The number of ether oxygens (including phenoxy) is 1. The highest BCUT2D eigenvalue weighted by Gasteiger charge is 2.35. The van der Waals surface area contributed by atoms with Gasteiger partial charge in [-0.15, -0.1) is 0 Å². The molecule has 0 bridgehead atoms. The fraction of sp³-hybridized carbons (Fsp3) is 0.435. The predicted octanol–water partition coefficient (Wildman–Crippen LogP) is 4.19. The second-order valence-electron chi connectivity index (χ2n) is 8.18. The summed E-state index contributed by atoms with van der Waals surface area (Å²) in [5.74, 6) is 0.364. The minimum absolute atomic E-state index is 0.00711. The number of nitrogens with zero attached hydrogens (tertiary/aromatic N) is 1. The Labute approximate surface area is 176 Å². The Kier molecular flexibility index (Phi) is 6.49. The molecule has 156 valence electrons. The smallest absolute Gasteiger partial charge is 0.227 e. The summed E-state index contributed by atoms with van der Waals surface area (Å²) in [5.41, 5.74) is 2.31. The number of rotatable bonds is 7.